The SMILES string of the molecule is Cn1c(=O)c(-c2cccc3c(C[C@H](NC(=O)C4(C(F)(F)F)CCN(CC(F)(F)F)CC4)C(=O)O)cccc23)c(C(F)(F)F)c2cc(CN3CCC(c4ccccc4)CC3)ccc21. The summed E-state index contributed by atoms with van der Waals surface area (Å²) in [6.45, 7) is -1.07. The number of hydrogen-bond donors (Lipinski definition) is 2. The predicted octanol–water partition coefficient (Wildman–Crippen LogP) is 9.08. The van der Waals surface area contributed by atoms with Crippen LogP contribution in [0.5, 0.6) is 0 Å². The number of hydrogen-bond acceptors (Lipinski definition) is 5. The number of nitrogens with zero attached hydrogens (tertiary/aromatic N) is 3. The van der Waals surface area contributed by atoms with Crippen molar-refractivity contribution in [2.45, 2.75) is 69.1 Å². The molecule has 0 aliphatic carbocycles. The molecule has 1 aromatic heterocycles. The van der Waals surface area contributed by atoms with Crippen molar-refractivity contribution in [3.8, 4) is 11.1 Å². The number of aryl methyl sites for hydroxylation is 1. The van der Waals surface area contributed by atoms with E-state index in [2.05, 4.69) is 17.0 Å². The maximum Gasteiger partial charge on any atom is 0.417 e. The van der Waals surface area contributed by atoms with Crippen molar-refractivity contribution in [2.24, 2.45) is 12.5 Å². The maximum atomic E-state index is 15.4. The molecule has 17 heteroatoms. The molecule has 1 amide bonds. The summed E-state index contributed by atoms with van der Waals surface area (Å²) >= 11 is 0. The Hall–Kier alpha value is -5.42. The molecule has 3 heterocycles. The van der Waals surface area contributed by atoms with Crippen LogP contribution >= 0.6 is 0 Å². The minimum Gasteiger partial charge on any atom is -0.480 e. The molecule has 0 spiro atoms. The minimum atomic E-state index is -5.23. The van der Waals surface area contributed by atoms with E-state index in [1.165, 1.54) is 61.1 Å². The molecular weight excluding hydrogens is 832 g/mol. The number of carboxylic acid groups (broad SMARTS) is 1. The van der Waals surface area contributed by atoms with E-state index in [1.807, 2.05) is 23.5 Å². The number of likely N-dealkylation sites (tertiary alicyclic amines) is 2. The van der Waals surface area contributed by atoms with Crippen molar-refractivity contribution in [2.75, 3.05) is 32.7 Å². The number of nitrogens with one attached hydrogen (secondary N) is 1. The summed E-state index contributed by atoms with van der Waals surface area (Å²) in [5.74, 6) is -3.06. The fourth-order valence-corrected chi connectivity index (χ4v) is 9.12. The lowest BCUT2D eigenvalue weighted by molar-refractivity contribution is -0.236. The van der Waals surface area contributed by atoms with E-state index in [-0.39, 0.29) is 32.8 Å². The molecule has 2 aliphatic heterocycles. The monoisotopic (exact) mass is 874 g/mol. The smallest absolute Gasteiger partial charge is 0.417 e. The third-order valence-corrected chi connectivity index (χ3v) is 12.4. The van der Waals surface area contributed by atoms with E-state index in [1.54, 1.807) is 6.07 Å². The van der Waals surface area contributed by atoms with E-state index in [4.69, 9.17) is 0 Å². The van der Waals surface area contributed by atoms with E-state index >= 15 is 13.2 Å². The molecule has 2 fully saturated rings. The van der Waals surface area contributed by atoms with Crippen LogP contribution < -0.4 is 10.9 Å². The third kappa shape index (κ3) is 9.05. The van der Waals surface area contributed by atoms with Crippen LogP contribution in [0.3, 0.4) is 0 Å². The van der Waals surface area contributed by atoms with Crippen LogP contribution in [-0.4, -0.2) is 82.5 Å². The quantitative estimate of drug-likeness (QED) is 0.136. The van der Waals surface area contributed by atoms with Crippen molar-refractivity contribution in [3.05, 3.63) is 118 Å². The number of carbonyl (C=O) groups is 2. The largest absolute Gasteiger partial charge is 0.480 e. The second-order valence-corrected chi connectivity index (χ2v) is 16.3. The van der Waals surface area contributed by atoms with Gasteiger partial charge >= 0.3 is 24.5 Å². The Balaban J connectivity index is 1.21. The zero-order valence-electron chi connectivity index (χ0n) is 33.4. The predicted molar refractivity (Wildman–Crippen MR) is 214 cm³/mol. The molecule has 8 nitrogen and oxygen atoms in total. The van der Waals surface area contributed by atoms with Crippen LogP contribution in [0, 0.1) is 5.41 Å². The molecule has 330 valence electrons. The summed E-state index contributed by atoms with van der Waals surface area (Å²) in [5.41, 5.74) is -4.00. The van der Waals surface area contributed by atoms with E-state index in [0.29, 0.717) is 18.0 Å². The minimum absolute atomic E-state index is 0.0567. The Bertz CT molecular complexity index is 2520. The molecular formula is C45H43F9N4O4. The van der Waals surface area contributed by atoms with Crippen molar-refractivity contribution < 1.29 is 54.2 Å². The number of piperidine rings is 2. The van der Waals surface area contributed by atoms with Gasteiger partial charge in [0.05, 0.1) is 23.2 Å². The average Bonchev–Trinajstić information content (AvgIpc) is 3.21. The summed E-state index contributed by atoms with van der Waals surface area (Å²) in [7, 11) is 1.37. The first-order valence-corrected chi connectivity index (χ1v) is 20.1. The lowest BCUT2D eigenvalue weighted by Gasteiger charge is -2.42. The number of alkyl halides is 9. The zero-order chi connectivity index (χ0) is 44.8. The fourth-order valence-electron chi connectivity index (χ4n) is 9.12. The lowest BCUT2D eigenvalue weighted by atomic mass is 9.76. The number of amides is 1. The normalized spacial score (nSPS) is 17.6. The first kappa shape index (κ1) is 44.6. The molecule has 0 radical (unpaired) electrons. The Labute approximate surface area is 349 Å². The van der Waals surface area contributed by atoms with Crippen molar-refractivity contribution >= 4 is 33.6 Å². The number of benzene rings is 4. The Morgan fingerprint density at radius 2 is 1.44 bits per heavy atom. The molecule has 2 N–H and O–H groups in total. The highest BCUT2D eigenvalue weighted by atomic mass is 19.4. The number of carbonyl (C=O) groups excluding carboxylic acids is 1. The van der Waals surface area contributed by atoms with Gasteiger partial charge in [-0.05, 0) is 103 Å². The molecule has 7 rings (SSSR count). The van der Waals surface area contributed by atoms with Gasteiger partial charge in [-0.2, -0.15) is 39.5 Å². The Morgan fingerprint density at radius 3 is 2.05 bits per heavy atom. The standard InChI is InChI=1S/C45H43F9N4O4/c1-56-36-14-13-27(25-57-19-15-29(16-20-57)28-7-3-2-4-8-28)23-34(36)38(44(49,50)51)37(39(56)59)33-12-6-10-31-30(9-5-11-32(31)33)24-35(40(60)61)55-41(62)42(45(52,53)54)17-21-58(22-18-42)26-43(46,47)48/h2-14,23,29,35H,15-22,24-26H2,1H3,(H,55,62)(H,60,61)/t35-/m0/s1. The van der Waals surface area contributed by atoms with Crippen molar-refractivity contribution in [1.29, 1.82) is 0 Å². The summed E-state index contributed by atoms with van der Waals surface area (Å²) in [6, 6.07) is 21.2. The van der Waals surface area contributed by atoms with Gasteiger partial charge < -0.3 is 15.0 Å². The number of carboxylic acids is 1. The summed E-state index contributed by atoms with van der Waals surface area (Å²) in [6.07, 6.45) is -15.9. The first-order chi connectivity index (χ1) is 29.2. The van der Waals surface area contributed by atoms with Crippen molar-refractivity contribution in [1.82, 2.24) is 19.7 Å². The fraction of sp³-hybridized carbons (Fsp3) is 0.400. The lowest BCUT2D eigenvalue weighted by Crippen LogP contribution is -2.59. The highest BCUT2D eigenvalue weighted by Crippen LogP contribution is 2.47. The summed E-state index contributed by atoms with van der Waals surface area (Å²) in [4.78, 5) is 42.9. The van der Waals surface area contributed by atoms with Crippen LogP contribution in [0.2, 0.25) is 0 Å². The van der Waals surface area contributed by atoms with Gasteiger partial charge in [-0.3, -0.25) is 19.4 Å². The molecule has 2 aliphatic rings. The molecule has 62 heavy (non-hydrogen) atoms. The molecule has 5 aromatic rings. The number of fused-ring (bicyclic) bond motifs is 2. The van der Waals surface area contributed by atoms with Crippen molar-refractivity contribution in [3.63, 3.8) is 0 Å². The molecule has 0 unspecified atom stereocenters. The molecule has 4 aromatic carbocycles. The highest BCUT2D eigenvalue weighted by molar-refractivity contribution is 6.02. The summed E-state index contributed by atoms with van der Waals surface area (Å²) < 4.78 is 130. The maximum absolute atomic E-state index is 15.4. The van der Waals surface area contributed by atoms with Gasteiger partial charge in [0.15, 0.2) is 0 Å². The van der Waals surface area contributed by atoms with Gasteiger partial charge in [-0.25, -0.2) is 4.79 Å². The summed E-state index contributed by atoms with van der Waals surface area (Å²) in [5, 5.41) is 12.2. The van der Waals surface area contributed by atoms with Gasteiger partial charge in [0.2, 0.25) is 5.91 Å². The Kier molecular flexibility index (Phi) is 12.3. The van der Waals surface area contributed by atoms with Gasteiger partial charge in [0.25, 0.3) is 5.56 Å². The molecule has 2 saturated heterocycles. The van der Waals surface area contributed by atoms with Gasteiger partial charge in [0.1, 0.15) is 11.5 Å². The van der Waals surface area contributed by atoms with Crippen LogP contribution in [0.4, 0.5) is 39.5 Å². The van der Waals surface area contributed by atoms with E-state index < -0.39 is 97.4 Å². The number of aliphatic carboxylic acids is 1. The van der Waals surface area contributed by atoms with Crippen LogP contribution in [0.25, 0.3) is 32.8 Å². The van der Waals surface area contributed by atoms with Gasteiger partial charge in [-0.15, -0.1) is 0 Å². The second kappa shape index (κ2) is 17.0. The molecule has 1 atom stereocenters. The van der Waals surface area contributed by atoms with Gasteiger partial charge in [0, 0.05) is 25.4 Å². The number of rotatable bonds is 10. The second-order valence-electron chi connectivity index (χ2n) is 16.3. The number of pyridine rings is 1. The van der Waals surface area contributed by atoms with E-state index in [9.17, 15) is 45.8 Å². The van der Waals surface area contributed by atoms with Gasteiger partial charge in [-0.1, -0.05) is 72.8 Å². The van der Waals surface area contributed by atoms with Crippen LogP contribution in [0.1, 0.15) is 53.9 Å². The third-order valence-electron chi connectivity index (χ3n) is 12.4. The topological polar surface area (TPSA) is 94.9 Å². The molecule has 0 saturated carbocycles. The van der Waals surface area contributed by atoms with Crippen LogP contribution in [-0.2, 0) is 35.8 Å². The zero-order valence-corrected chi connectivity index (χ0v) is 33.4. The molecule has 0 bridgehead atoms. The van der Waals surface area contributed by atoms with E-state index in [0.717, 1.165) is 35.4 Å². The average molecular weight is 875 g/mol. The van der Waals surface area contributed by atoms with Crippen LogP contribution in [0.15, 0.2) is 89.7 Å². The highest BCUT2D eigenvalue weighted by Gasteiger charge is 2.61. The number of aromatic nitrogens is 1. The Morgan fingerprint density at radius 1 is 0.790 bits per heavy atom. The first-order valence-electron chi connectivity index (χ1n) is 20.1. The number of halogens is 9.